The first-order valence-electron chi connectivity index (χ1n) is 5.82. The molecule has 94 valence electrons. The molecule has 0 bridgehead atoms. The highest BCUT2D eigenvalue weighted by molar-refractivity contribution is 5.70. The van der Waals surface area contributed by atoms with E-state index in [2.05, 4.69) is 5.32 Å². The van der Waals surface area contributed by atoms with E-state index in [-0.39, 0.29) is 11.6 Å². The lowest BCUT2D eigenvalue weighted by atomic mass is 9.95. The molecule has 3 heteroatoms. The maximum Gasteiger partial charge on any atom is 0.126 e. The summed E-state index contributed by atoms with van der Waals surface area (Å²) in [6, 6.07) is 9.54. The van der Waals surface area contributed by atoms with Crippen LogP contribution in [0.25, 0.3) is 11.1 Å². The fraction of sp³-hybridized carbons (Fsp3) is 0.200. The molecule has 0 spiro atoms. The van der Waals surface area contributed by atoms with Gasteiger partial charge < -0.3 is 5.32 Å². The van der Waals surface area contributed by atoms with Gasteiger partial charge in [0.1, 0.15) is 11.6 Å². The average molecular weight is 247 g/mol. The van der Waals surface area contributed by atoms with Crippen LogP contribution in [0.4, 0.5) is 8.78 Å². The monoisotopic (exact) mass is 247 g/mol. The highest BCUT2D eigenvalue weighted by Crippen LogP contribution is 2.28. The third-order valence-electron chi connectivity index (χ3n) is 2.99. The predicted molar refractivity (Wildman–Crippen MR) is 69.3 cm³/mol. The Kier molecular flexibility index (Phi) is 3.72. The van der Waals surface area contributed by atoms with Crippen LogP contribution in [0.2, 0.25) is 0 Å². The molecule has 2 rings (SSSR count). The lowest BCUT2D eigenvalue weighted by molar-refractivity contribution is 0.619. The number of hydrogen-bond acceptors (Lipinski definition) is 1. The molecule has 2 aromatic carbocycles. The van der Waals surface area contributed by atoms with E-state index >= 15 is 0 Å². The van der Waals surface area contributed by atoms with Crippen LogP contribution in [0.15, 0.2) is 36.4 Å². The summed E-state index contributed by atoms with van der Waals surface area (Å²) in [6.07, 6.45) is 0. The third kappa shape index (κ3) is 2.41. The van der Waals surface area contributed by atoms with Gasteiger partial charge in [0.15, 0.2) is 0 Å². The molecular weight excluding hydrogens is 232 g/mol. The molecule has 0 aliphatic rings. The van der Waals surface area contributed by atoms with Crippen molar-refractivity contribution in [1.82, 2.24) is 5.32 Å². The number of nitrogens with one attached hydrogen (secondary N) is 1. The maximum absolute atomic E-state index is 13.6. The third-order valence-corrected chi connectivity index (χ3v) is 2.99. The van der Waals surface area contributed by atoms with Crippen molar-refractivity contribution >= 4 is 0 Å². The normalized spacial score (nSPS) is 10.7. The fourth-order valence-corrected chi connectivity index (χ4v) is 2.06. The molecule has 0 saturated carbocycles. The van der Waals surface area contributed by atoms with Crippen molar-refractivity contribution < 1.29 is 8.78 Å². The highest BCUT2D eigenvalue weighted by Gasteiger charge is 2.10. The van der Waals surface area contributed by atoms with Gasteiger partial charge in [-0.15, -0.1) is 0 Å². The maximum atomic E-state index is 13.6. The topological polar surface area (TPSA) is 12.0 Å². The summed E-state index contributed by atoms with van der Waals surface area (Å²) in [5, 5.41) is 3.00. The van der Waals surface area contributed by atoms with Gasteiger partial charge in [-0.3, -0.25) is 0 Å². The molecule has 0 heterocycles. The van der Waals surface area contributed by atoms with Crippen molar-refractivity contribution in [2.75, 3.05) is 7.05 Å². The van der Waals surface area contributed by atoms with Crippen LogP contribution >= 0.6 is 0 Å². The van der Waals surface area contributed by atoms with E-state index in [1.54, 1.807) is 26.1 Å². The zero-order valence-corrected chi connectivity index (χ0v) is 10.4. The van der Waals surface area contributed by atoms with E-state index in [9.17, 15) is 8.78 Å². The van der Waals surface area contributed by atoms with Crippen molar-refractivity contribution in [2.24, 2.45) is 0 Å². The molecule has 1 nitrogen and oxygen atoms in total. The predicted octanol–water partition coefficient (Wildman–Crippen LogP) is 3.66. The van der Waals surface area contributed by atoms with Crippen molar-refractivity contribution in [2.45, 2.75) is 13.5 Å². The zero-order chi connectivity index (χ0) is 13.1. The first-order valence-corrected chi connectivity index (χ1v) is 5.82. The number of hydrogen-bond donors (Lipinski definition) is 1. The summed E-state index contributed by atoms with van der Waals surface area (Å²) < 4.78 is 26.8. The van der Waals surface area contributed by atoms with Crippen LogP contribution in [0.1, 0.15) is 11.1 Å². The van der Waals surface area contributed by atoms with E-state index in [0.717, 1.165) is 16.7 Å². The Labute approximate surface area is 105 Å². The molecule has 0 atom stereocenters. The van der Waals surface area contributed by atoms with Gasteiger partial charge in [-0.2, -0.15) is 0 Å². The smallest absolute Gasteiger partial charge is 0.126 e. The molecule has 2 aromatic rings. The summed E-state index contributed by atoms with van der Waals surface area (Å²) in [6.45, 7) is 2.28. The minimum atomic E-state index is -0.280. The highest BCUT2D eigenvalue weighted by atomic mass is 19.1. The van der Waals surface area contributed by atoms with Gasteiger partial charge in [-0.05, 0) is 54.4 Å². The Morgan fingerprint density at radius 3 is 2.56 bits per heavy atom. The lowest BCUT2D eigenvalue weighted by Crippen LogP contribution is -2.07. The summed E-state index contributed by atoms with van der Waals surface area (Å²) in [5.41, 5.74) is 3.08. The molecule has 0 saturated heterocycles. The van der Waals surface area contributed by atoms with Crippen LogP contribution < -0.4 is 5.32 Å². The van der Waals surface area contributed by atoms with Crippen LogP contribution in [0.5, 0.6) is 0 Å². The van der Waals surface area contributed by atoms with Gasteiger partial charge in [0.25, 0.3) is 0 Å². The Hall–Kier alpha value is -1.74. The van der Waals surface area contributed by atoms with Crippen LogP contribution in [0.3, 0.4) is 0 Å². The van der Waals surface area contributed by atoms with Crippen molar-refractivity contribution in [1.29, 1.82) is 0 Å². The van der Waals surface area contributed by atoms with Gasteiger partial charge in [-0.25, -0.2) is 8.78 Å². The second-order valence-electron chi connectivity index (χ2n) is 4.24. The van der Waals surface area contributed by atoms with Crippen molar-refractivity contribution in [3.63, 3.8) is 0 Å². The van der Waals surface area contributed by atoms with Gasteiger partial charge in [0.05, 0.1) is 0 Å². The summed E-state index contributed by atoms with van der Waals surface area (Å²) >= 11 is 0. The van der Waals surface area contributed by atoms with E-state index in [1.807, 2.05) is 6.07 Å². The van der Waals surface area contributed by atoms with Gasteiger partial charge in [-0.1, -0.05) is 18.2 Å². The van der Waals surface area contributed by atoms with E-state index in [4.69, 9.17) is 0 Å². The van der Waals surface area contributed by atoms with Gasteiger partial charge in [0.2, 0.25) is 0 Å². The molecule has 0 unspecified atom stereocenters. The first-order chi connectivity index (χ1) is 8.63. The quantitative estimate of drug-likeness (QED) is 0.872. The van der Waals surface area contributed by atoms with Crippen molar-refractivity contribution in [3.05, 3.63) is 59.2 Å². The molecule has 0 fully saturated rings. The molecule has 1 N–H and O–H groups in total. The Morgan fingerprint density at radius 1 is 1.06 bits per heavy atom. The molecule has 0 aromatic heterocycles. The molecular formula is C15H15F2N. The van der Waals surface area contributed by atoms with Gasteiger partial charge >= 0.3 is 0 Å². The number of rotatable bonds is 3. The Bertz CT molecular complexity index is 564. The Morgan fingerprint density at radius 2 is 1.83 bits per heavy atom. The molecule has 0 amide bonds. The molecule has 0 aliphatic heterocycles. The molecule has 0 aliphatic carbocycles. The van der Waals surface area contributed by atoms with Crippen LogP contribution in [-0.2, 0) is 6.54 Å². The minimum Gasteiger partial charge on any atom is -0.316 e. The average Bonchev–Trinajstić information content (AvgIpc) is 2.34. The van der Waals surface area contributed by atoms with E-state index in [0.29, 0.717) is 12.1 Å². The summed E-state index contributed by atoms with van der Waals surface area (Å²) in [4.78, 5) is 0. The van der Waals surface area contributed by atoms with E-state index in [1.165, 1.54) is 18.2 Å². The summed E-state index contributed by atoms with van der Waals surface area (Å²) in [5.74, 6) is -0.523. The largest absolute Gasteiger partial charge is 0.316 e. The number of benzene rings is 2. The molecule has 18 heavy (non-hydrogen) atoms. The van der Waals surface area contributed by atoms with Crippen molar-refractivity contribution in [3.8, 4) is 11.1 Å². The number of halogens is 2. The zero-order valence-electron chi connectivity index (χ0n) is 10.4. The lowest BCUT2D eigenvalue weighted by Gasteiger charge is -2.12. The standard InChI is InChI=1S/C15H15F2N/c1-10-13(4-3-5-15(10)17)14-7-6-12(16)8-11(14)9-18-2/h3-8,18H,9H2,1-2H3. The fourth-order valence-electron chi connectivity index (χ4n) is 2.06. The molecule has 0 radical (unpaired) electrons. The van der Waals surface area contributed by atoms with Gasteiger partial charge in [0, 0.05) is 6.54 Å². The SMILES string of the molecule is CNCc1cc(F)ccc1-c1cccc(F)c1C. The van der Waals surface area contributed by atoms with E-state index < -0.39 is 0 Å². The minimum absolute atomic E-state index is 0.243. The summed E-state index contributed by atoms with van der Waals surface area (Å²) in [7, 11) is 1.80. The Balaban J connectivity index is 2.59. The van der Waals surface area contributed by atoms with Crippen LogP contribution in [0, 0.1) is 18.6 Å². The van der Waals surface area contributed by atoms with Crippen LogP contribution in [-0.4, -0.2) is 7.05 Å². The second kappa shape index (κ2) is 5.27. The first kappa shape index (κ1) is 12.7. The second-order valence-corrected chi connectivity index (χ2v) is 4.24.